The number of anilines is 2. The van der Waals surface area contributed by atoms with E-state index in [1.54, 1.807) is 0 Å². The minimum Gasteiger partial charge on any atom is -0.378 e. The summed E-state index contributed by atoms with van der Waals surface area (Å²) in [4.78, 5) is 4.26. The molecule has 1 heterocycles. The Kier molecular flexibility index (Phi) is 6.47. The van der Waals surface area contributed by atoms with Crippen molar-refractivity contribution in [3.63, 3.8) is 0 Å². The zero-order valence-corrected chi connectivity index (χ0v) is 21.5. The van der Waals surface area contributed by atoms with Gasteiger partial charge in [-0.25, -0.2) is 0 Å². The van der Waals surface area contributed by atoms with Crippen LogP contribution in [0.5, 0.6) is 0 Å². The average molecular weight is 451 g/mol. The number of para-hydroxylation sites is 1. The molecule has 0 radical (unpaired) electrons. The van der Waals surface area contributed by atoms with Crippen molar-refractivity contribution in [1.29, 1.82) is 0 Å². The molecule has 34 heavy (non-hydrogen) atoms. The van der Waals surface area contributed by atoms with Crippen LogP contribution in [-0.2, 0) is 5.41 Å². The van der Waals surface area contributed by atoms with E-state index in [2.05, 4.69) is 154 Å². The zero-order chi connectivity index (χ0) is 24.5. The maximum atomic E-state index is 2.32. The molecule has 0 N–H and O–H groups in total. The van der Waals surface area contributed by atoms with Gasteiger partial charge in [-0.2, -0.15) is 4.58 Å². The second-order valence-corrected chi connectivity index (χ2v) is 9.91. The third-order valence-electron chi connectivity index (χ3n) is 6.85. The summed E-state index contributed by atoms with van der Waals surface area (Å²) in [6, 6.07) is 26.3. The van der Waals surface area contributed by atoms with Gasteiger partial charge in [0.05, 0.1) is 5.41 Å². The number of hydrogen-bond acceptors (Lipinski definition) is 2. The Labute approximate surface area is 205 Å². The van der Waals surface area contributed by atoms with E-state index in [4.69, 9.17) is 0 Å². The normalized spacial score (nSPS) is 14.3. The van der Waals surface area contributed by atoms with E-state index >= 15 is 0 Å². The van der Waals surface area contributed by atoms with Gasteiger partial charge in [0.2, 0.25) is 5.69 Å². The van der Waals surface area contributed by atoms with Gasteiger partial charge in [-0.15, -0.1) is 0 Å². The lowest BCUT2D eigenvalue weighted by Gasteiger charge is -2.16. The standard InChI is InChI=1S/C31H36N3/c1-31(2)28-12-8-9-13-29(28)34(7)30(31)14-10-11-27(23-15-19-25(20-16-23)32(3)4)24-17-21-26(22-18-24)33(5)6/h8-22H,1-7H3/q+1. The molecule has 0 spiro atoms. The molecule has 3 heteroatoms. The number of fused-ring (bicyclic) bond motifs is 1. The first-order valence-corrected chi connectivity index (χ1v) is 11.8. The molecule has 174 valence electrons. The second kappa shape index (κ2) is 9.34. The second-order valence-electron chi connectivity index (χ2n) is 9.91. The number of rotatable bonds is 6. The fraction of sp³-hybridized carbons (Fsp3) is 0.258. The largest absolute Gasteiger partial charge is 0.378 e. The minimum absolute atomic E-state index is 0.0312. The maximum absolute atomic E-state index is 2.32. The van der Waals surface area contributed by atoms with Crippen LogP contribution in [0.25, 0.3) is 5.57 Å². The molecule has 1 aliphatic heterocycles. The fourth-order valence-electron chi connectivity index (χ4n) is 4.77. The smallest absolute Gasteiger partial charge is 0.209 e. The van der Waals surface area contributed by atoms with Gasteiger partial charge >= 0.3 is 0 Å². The van der Waals surface area contributed by atoms with Crippen LogP contribution in [0.4, 0.5) is 17.1 Å². The SMILES string of the molecule is CN(C)c1ccc(C(=CC=CC2=[N+](C)c3ccccc3C2(C)C)c2ccc(N(C)C)cc2)cc1. The Morgan fingerprint density at radius 2 is 1.24 bits per heavy atom. The van der Waals surface area contributed by atoms with Crippen molar-refractivity contribution >= 4 is 28.3 Å². The number of nitrogens with zero attached hydrogens (tertiary/aromatic N) is 3. The summed E-state index contributed by atoms with van der Waals surface area (Å²) in [7, 11) is 10.5. The van der Waals surface area contributed by atoms with Gasteiger partial charge in [0.1, 0.15) is 7.05 Å². The molecule has 3 nitrogen and oxygen atoms in total. The van der Waals surface area contributed by atoms with Crippen LogP contribution in [0, 0.1) is 0 Å². The van der Waals surface area contributed by atoms with Crippen molar-refractivity contribution in [1.82, 2.24) is 0 Å². The molecule has 0 saturated carbocycles. The van der Waals surface area contributed by atoms with E-state index in [1.807, 2.05) is 0 Å². The van der Waals surface area contributed by atoms with E-state index in [-0.39, 0.29) is 5.41 Å². The lowest BCUT2D eigenvalue weighted by atomic mass is 9.81. The molecule has 1 aliphatic rings. The van der Waals surface area contributed by atoms with Gasteiger partial charge in [-0.05, 0) is 54.8 Å². The molecular weight excluding hydrogens is 414 g/mol. The van der Waals surface area contributed by atoms with Crippen molar-refractivity contribution < 1.29 is 4.58 Å². The predicted molar refractivity (Wildman–Crippen MR) is 148 cm³/mol. The quantitative estimate of drug-likeness (QED) is 0.313. The van der Waals surface area contributed by atoms with Gasteiger partial charge in [-0.1, -0.05) is 54.6 Å². The Morgan fingerprint density at radius 3 is 1.71 bits per heavy atom. The van der Waals surface area contributed by atoms with Crippen LogP contribution < -0.4 is 9.80 Å². The first-order valence-electron chi connectivity index (χ1n) is 11.8. The van der Waals surface area contributed by atoms with Crippen LogP contribution in [0.3, 0.4) is 0 Å². The first kappa shape index (κ1) is 23.6. The monoisotopic (exact) mass is 450 g/mol. The molecule has 0 bridgehead atoms. The van der Waals surface area contributed by atoms with Gasteiger partial charge in [0.15, 0.2) is 5.71 Å². The summed E-state index contributed by atoms with van der Waals surface area (Å²) < 4.78 is 2.32. The predicted octanol–water partition coefficient (Wildman–Crippen LogP) is 6.51. The van der Waals surface area contributed by atoms with Crippen molar-refractivity contribution in [3.05, 3.63) is 108 Å². The molecule has 0 aliphatic carbocycles. The third-order valence-corrected chi connectivity index (χ3v) is 6.85. The van der Waals surface area contributed by atoms with Crippen molar-refractivity contribution in [2.24, 2.45) is 0 Å². The highest BCUT2D eigenvalue weighted by molar-refractivity contribution is 6.03. The van der Waals surface area contributed by atoms with Crippen LogP contribution >= 0.6 is 0 Å². The minimum atomic E-state index is -0.0312. The molecule has 4 rings (SSSR count). The van der Waals surface area contributed by atoms with Crippen molar-refractivity contribution in [2.75, 3.05) is 45.0 Å². The molecule has 0 unspecified atom stereocenters. The van der Waals surface area contributed by atoms with Gasteiger partial charge in [-0.3, -0.25) is 0 Å². The lowest BCUT2D eigenvalue weighted by molar-refractivity contribution is -0.401. The fourth-order valence-corrected chi connectivity index (χ4v) is 4.77. The Bertz CT molecular complexity index is 1200. The molecule has 3 aromatic rings. The molecule has 0 saturated heterocycles. The molecule has 0 aromatic heterocycles. The summed E-state index contributed by atoms with van der Waals surface area (Å²) in [5, 5.41) is 0. The third kappa shape index (κ3) is 4.43. The maximum Gasteiger partial charge on any atom is 0.209 e. The molecule has 0 fully saturated rings. The Hall–Kier alpha value is -3.59. The van der Waals surface area contributed by atoms with Gasteiger partial charge < -0.3 is 9.80 Å². The Balaban J connectivity index is 1.74. The van der Waals surface area contributed by atoms with E-state index in [1.165, 1.54) is 45.0 Å². The first-order chi connectivity index (χ1) is 16.2. The topological polar surface area (TPSA) is 9.49 Å². The summed E-state index contributed by atoms with van der Waals surface area (Å²) in [6.07, 6.45) is 6.71. The molecule has 3 aromatic carbocycles. The average Bonchev–Trinajstić information content (AvgIpc) is 3.02. The molecule has 0 atom stereocenters. The molecule has 0 amide bonds. The van der Waals surface area contributed by atoms with E-state index in [9.17, 15) is 0 Å². The highest BCUT2D eigenvalue weighted by Gasteiger charge is 2.42. The van der Waals surface area contributed by atoms with Crippen LogP contribution in [0.15, 0.2) is 91.0 Å². The van der Waals surface area contributed by atoms with Crippen molar-refractivity contribution in [2.45, 2.75) is 19.3 Å². The Morgan fingerprint density at radius 1 is 0.735 bits per heavy atom. The van der Waals surface area contributed by atoms with Gasteiger partial charge in [0.25, 0.3) is 0 Å². The van der Waals surface area contributed by atoms with Crippen LogP contribution in [-0.4, -0.2) is 45.5 Å². The van der Waals surface area contributed by atoms with Gasteiger partial charge in [0, 0.05) is 57.3 Å². The zero-order valence-electron chi connectivity index (χ0n) is 21.5. The number of benzene rings is 3. The summed E-state index contributed by atoms with van der Waals surface area (Å²) in [6.45, 7) is 4.61. The van der Waals surface area contributed by atoms with E-state index in [0.29, 0.717) is 0 Å². The van der Waals surface area contributed by atoms with Crippen LogP contribution in [0.1, 0.15) is 30.5 Å². The summed E-state index contributed by atoms with van der Waals surface area (Å²) >= 11 is 0. The van der Waals surface area contributed by atoms with Crippen molar-refractivity contribution in [3.8, 4) is 0 Å². The highest BCUT2D eigenvalue weighted by Crippen LogP contribution is 2.39. The number of allylic oxidation sites excluding steroid dienone is 3. The van der Waals surface area contributed by atoms with E-state index in [0.717, 1.165) is 0 Å². The number of hydrogen-bond donors (Lipinski definition) is 0. The van der Waals surface area contributed by atoms with E-state index < -0.39 is 0 Å². The molecular formula is C31H36N3+. The highest BCUT2D eigenvalue weighted by atomic mass is 15.1. The summed E-state index contributed by atoms with van der Waals surface area (Å²) in [5.74, 6) is 0. The summed E-state index contributed by atoms with van der Waals surface area (Å²) in [5.41, 5.74) is 9.96. The lowest BCUT2D eigenvalue weighted by Crippen LogP contribution is -2.26. The van der Waals surface area contributed by atoms with Crippen LogP contribution in [0.2, 0.25) is 0 Å².